The number of hydrogen-bond donors (Lipinski definition) is 1. The second kappa shape index (κ2) is 8.33. The fourth-order valence-corrected chi connectivity index (χ4v) is 3.12. The van der Waals surface area contributed by atoms with E-state index in [4.69, 9.17) is 11.6 Å². The molecule has 0 aliphatic rings. The fourth-order valence-electron chi connectivity index (χ4n) is 2.85. The Morgan fingerprint density at radius 3 is 2.44 bits per heavy atom. The molecule has 0 bridgehead atoms. The largest absolute Gasteiger partial charge is 0.349 e. The van der Waals surface area contributed by atoms with Crippen molar-refractivity contribution in [1.82, 2.24) is 25.2 Å². The van der Waals surface area contributed by atoms with Crippen LogP contribution in [0.2, 0.25) is 5.02 Å². The van der Waals surface area contributed by atoms with Crippen molar-refractivity contribution in [3.8, 4) is 5.69 Å². The zero-order valence-electron chi connectivity index (χ0n) is 15.6. The summed E-state index contributed by atoms with van der Waals surface area (Å²) in [5.74, 6) is -0.256. The number of para-hydroxylation sites is 1. The van der Waals surface area contributed by atoms with Crippen LogP contribution in [0.15, 0.2) is 54.6 Å². The van der Waals surface area contributed by atoms with Gasteiger partial charge in [0.25, 0.3) is 5.91 Å². The highest BCUT2D eigenvalue weighted by Crippen LogP contribution is 2.25. The molecule has 3 aromatic rings. The quantitative estimate of drug-likeness (QED) is 0.709. The molecular weight excluding hydrogens is 362 g/mol. The summed E-state index contributed by atoms with van der Waals surface area (Å²) in [7, 11) is 3.91. The van der Waals surface area contributed by atoms with Crippen molar-refractivity contribution in [2.24, 2.45) is 0 Å². The van der Waals surface area contributed by atoms with Crippen LogP contribution in [-0.4, -0.2) is 46.4 Å². The molecule has 6 nitrogen and oxygen atoms in total. The van der Waals surface area contributed by atoms with Gasteiger partial charge in [-0.05, 0) is 44.8 Å². The minimum Gasteiger partial charge on any atom is -0.349 e. The van der Waals surface area contributed by atoms with Gasteiger partial charge < -0.3 is 10.2 Å². The average Bonchev–Trinajstić information content (AvgIpc) is 3.05. The first-order chi connectivity index (χ1) is 13.0. The Kier molecular flexibility index (Phi) is 5.88. The van der Waals surface area contributed by atoms with Crippen LogP contribution in [0.4, 0.5) is 0 Å². The Labute approximate surface area is 163 Å². The normalized spacial score (nSPS) is 12.2. The first kappa shape index (κ1) is 19.1. The highest BCUT2D eigenvalue weighted by molar-refractivity contribution is 6.31. The van der Waals surface area contributed by atoms with Crippen LogP contribution in [0.5, 0.6) is 0 Å². The van der Waals surface area contributed by atoms with Gasteiger partial charge in [0.1, 0.15) is 0 Å². The lowest BCUT2D eigenvalue weighted by atomic mass is 10.1. The number of nitrogens with zero attached hydrogens (tertiary/aromatic N) is 4. The van der Waals surface area contributed by atoms with Gasteiger partial charge in [0.15, 0.2) is 5.69 Å². The zero-order chi connectivity index (χ0) is 19.4. The number of likely N-dealkylation sites (N-methyl/N-ethyl adjacent to an activating group) is 1. The van der Waals surface area contributed by atoms with E-state index in [0.717, 1.165) is 11.3 Å². The molecule has 0 aliphatic carbocycles. The van der Waals surface area contributed by atoms with E-state index in [1.54, 1.807) is 6.92 Å². The second-order valence-electron chi connectivity index (χ2n) is 6.47. The topological polar surface area (TPSA) is 63.1 Å². The van der Waals surface area contributed by atoms with Gasteiger partial charge in [-0.25, -0.2) is 0 Å². The minimum atomic E-state index is -0.256. The highest BCUT2D eigenvalue weighted by Gasteiger charge is 2.21. The highest BCUT2D eigenvalue weighted by atomic mass is 35.5. The van der Waals surface area contributed by atoms with Gasteiger partial charge in [-0.15, -0.1) is 5.10 Å². The van der Waals surface area contributed by atoms with E-state index >= 15 is 0 Å². The number of carbonyl (C=O) groups is 1. The van der Waals surface area contributed by atoms with Crippen molar-refractivity contribution in [1.29, 1.82) is 0 Å². The number of hydrogen-bond acceptors (Lipinski definition) is 4. The smallest absolute Gasteiger partial charge is 0.273 e. The van der Waals surface area contributed by atoms with Crippen molar-refractivity contribution >= 4 is 17.5 Å². The molecule has 1 aromatic heterocycles. The average molecular weight is 384 g/mol. The molecule has 1 amide bonds. The molecule has 0 aliphatic heterocycles. The van der Waals surface area contributed by atoms with E-state index in [2.05, 4.69) is 15.5 Å². The predicted octanol–water partition coefficient (Wildman–Crippen LogP) is 3.26. The molecule has 3 rings (SSSR count). The van der Waals surface area contributed by atoms with Crippen molar-refractivity contribution in [3.63, 3.8) is 0 Å². The summed E-state index contributed by atoms with van der Waals surface area (Å²) in [6.07, 6.45) is 0. The van der Waals surface area contributed by atoms with Gasteiger partial charge in [0.05, 0.1) is 17.4 Å². The van der Waals surface area contributed by atoms with Gasteiger partial charge in [-0.1, -0.05) is 48.0 Å². The number of amides is 1. The van der Waals surface area contributed by atoms with Gasteiger partial charge in [-0.3, -0.25) is 4.79 Å². The molecule has 1 N–H and O–H groups in total. The minimum absolute atomic E-state index is 0.0490. The molecule has 0 saturated carbocycles. The third kappa shape index (κ3) is 4.35. The van der Waals surface area contributed by atoms with E-state index in [9.17, 15) is 4.79 Å². The van der Waals surface area contributed by atoms with Crippen LogP contribution in [0.3, 0.4) is 0 Å². The number of aromatic nitrogens is 3. The number of halogens is 1. The summed E-state index contributed by atoms with van der Waals surface area (Å²) in [5, 5.41) is 12.3. The molecule has 1 atom stereocenters. The summed E-state index contributed by atoms with van der Waals surface area (Å²) in [6.45, 7) is 2.19. The predicted molar refractivity (Wildman–Crippen MR) is 106 cm³/mol. The third-order valence-electron chi connectivity index (χ3n) is 4.33. The Morgan fingerprint density at radius 1 is 1.11 bits per heavy atom. The molecular formula is C20H22ClN5O. The van der Waals surface area contributed by atoms with Gasteiger partial charge in [0.2, 0.25) is 0 Å². The molecule has 0 fully saturated rings. The molecule has 0 radical (unpaired) electrons. The van der Waals surface area contributed by atoms with Crippen LogP contribution in [-0.2, 0) is 0 Å². The van der Waals surface area contributed by atoms with E-state index in [1.807, 2.05) is 73.6 Å². The summed E-state index contributed by atoms with van der Waals surface area (Å²) in [5.41, 5.74) is 2.67. The first-order valence-electron chi connectivity index (χ1n) is 8.66. The lowest BCUT2D eigenvalue weighted by molar-refractivity contribution is 0.0936. The van der Waals surface area contributed by atoms with Crippen molar-refractivity contribution in [3.05, 3.63) is 76.6 Å². The number of aryl methyl sites for hydroxylation is 1. The SMILES string of the molecule is Cc1nn(-c2ccccc2)nc1C(=O)NC[C@@H](c1ccccc1Cl)N(C)C. The fraction of sp³-hybridized carbons (Fsp3) is 0.250. The molecule has 2 aromatic carbocycles. The van der Waals surface area contributed by atoms with E-state index in [-0.39, 0.29) is 11.9 Å². The number of carbonyl (C=O) groups excluding carboxylic acids is 1. The number of nitrogens with one attached hydrogen (secondary N) is 1. The molecule has 0 spiro atoms. The maximum absolute atomic E-state index is 12.7. The van der Waals surface area contributed by atoms with Crippen molar-refractivity contribution in [2.45, 2.75) is 13.0 Å². The molecule has 7 heteroatoms. The Bertz CT molecular complexity index is 923. The first-order valence-corrected chi connectivity index (χ1v) is 9.03. The third-order valence-corrected chi connectivity index (χ3v) is 4.67. The van der Waals surface area contributed by atoms with Crippen LogP contribution in [0.25, 0.3) is 5.69 Å². The van der Waals surface area contributed by atoms with Crippen LogP contribution in [0, 0.1) is 6.92 Å². The van der Waals surface area contributed by atoms with Crippen molar-refractivity contribution < 1.29 is 4.79 Å². The Hall–Kier alpha value is -2.70. The standard InChI is InChI=1S/C20H22ClN5O/c1-14-19(24-26(23-14)15-9-5-4-6-10-15)20(27)22-13-18(25(2)3)16-11-7-8-12-17(16)21/h4-12,18H,13H2,1-3H3,(H,22,27)/t18-/m0/s1. The number of rotatable bonds is 6. The number of benzene rings is 2. The lowest BCUT2D eigenvalue weighted by Crippen LogP contribution is -2.35. The summed E-state index contributed by atoms with van der Waals surface area (Å²) < 4.78 is 0. The molecule has 1 heterocycles. The molecule has 0 unspecified atom stereocenters. The molecule has 0 saturated heterocycles. The second-order valence-corrected chi connectivity index (χ2v) is 6.88. The van der Waals surface area contributed by atoms with E-state index in [1.165, 1.54) is 4.80 Å². The van der Waals surface area contributed by atoms with Gasteiger partial charge in [0, 0.05) is 11.6 Å². The maximum atomic E-state index is 12.7. The Balaban J connectivity index is 1.75. The van der Waals surface area contributed by atoms with E-state index in [0.29, 0.717) is 23.0 Å². The van der Waals surface area contributed by atoms with E-state index < -0.39 is 0 Å². The van der Waals surface area contributed by atoms with Crippen molar-refractivity contribution in [2.75, 3.05) is 20.6 Å². The molecule has 27 heavy (non-hydrogen) atoms. The van der Waals surface area contributed by atoms with Crippen LogP contribution < -0.4 is 5.32 Å². The Morgan fingerprint density at radius 2 is 1.78 bits per heavy atom. The summed E-state index contributed by atoms with van der Waals surface area (Å²) in [4.78, 5) is 16.2. The zero-order valence-corrected chi connectivity index (χ0v) is 16.3. The monoisotopic (exact) mass is 383 g/mol. The lowest BCUT2D eigenvalue weighted by Gasteiger charge is -2.25. The van der Waals surface area contributed by atoms with Crippen LogP contribution >= 0.6 is 11.6 Å². The van der Waals surface area contributed by atoms with Crippen LogP contribution in [0.1, 0.15) is 27.8 Å². The maximum Gasteiger partial charge on any atom is 0.273 e. The van der Waals surface area contributed by atoms with Gasteiger partial charge >= 0.3 is 0 Å². The summed E-state index contributed by atoms with van der Waals surface area (Å²) in [6, 6.07) is 17.1. The summed E-state index contributed by atoms with van der Waals surface area (Å²) >= 11 is 6.33. The van der Waals surface area contributed by atoms with Gasteiger partial charge in [-0.2, -0.15) is 9.90 Å². The molecule has 140 valence electrons.